The molecule has 0 aliphatic rings. The van der Waals surface area contributed by atoms with Crippen LogP contribution in [0.4, 0.5) is 0 Å². The minimum atomic E-state index is -4.09. The Bertz CT molecular complexity index is 429. The van der Waals surface area contributed by atoms with Gasteiger partial charge in [0.2, 0.25) is 0 Å². The van der Waals surface area contributed by atoms with E-state index in [0.29, 0.717) is 6.42 Å². The van der Waals surface area contributed by atoms with Crippen LogP contribution >= 0.6 is 0 Å². The summed E-state index contributed by atoms with van der Waals surface area (Å²) in [4.78, 5) is 0. The predicted molar refractivity (Wildman–Crippen MR) is 119 cm³/mol. The van der Waals surface area contributed by atoms with Gasteiger partial charge in [-0.15, -0.1) is 0 Å². The Balaban J connectivity index is 0. The Hall–Kier alpha value is 0.870. The average Bonchev–Trinajstić information content (AvgIpc) is 2.64. The van der Waals surface area contributed by atoms with Gasteiger partial charge in [0.15, 0.2) is 0 Å². The molecule has 2 unspecified atom stereocenters. The van der Waals surface area contributed by atoms with Gasteiger partial charge in [-0.05, 0) is 26.2 Å². The second-order valence-corrected chi connectivity index (χ2v) is 10.4. The number of aliphatic hydroxyl groups is 1. The van der Waals surface area contributed by atoms with Gasteiger partial charge in [-0.1, -0.05) is 110 Å². The fraction of sp³-hybridized carbons (Fsp3) is 1.00. The first kappa shape index (κ1) is 32.1. The largest absolute Gasteiger partial charge is 1.00 e. The molecule has 0 fully saturated rings. The maximum atomic E-state index is 10.8. The third-order valence-corrected chi connectivity index (χ3v) is 7.00. The van der Waals surface area contributed by atoms with Crippen LogP contribution < -0.4 is 29.6 Å². The molecular weight excluding hydrogens is 395 g/mol. The molecule has 0 radical (unpaired) electrons. The Morgan fingerprint density at radius 1 is 0.655 bits per heavy atom. The Morgan fingerprint density at radius 3 is 1.31 bits per heavy atom. The first-order chi connectivity index (χ1) is 13.4. The molecule has 0 aromatic rings. The molecule has 0 aliphatic heterocycles. The summed E-state index contributed by atoms with van der Waals surface area (Å²) in [5.74, 6) is 0. The fourth-order valence-corrected chi connectivity index (χ4v) is 4.13. The molecule has 0 spiro atoms. The minimum Gasteiger partial charge on any atom is -0.748 e. The number of aliphatic hydroxyl groups excluding tert-OH is 1. The zero-order chi connectivity index (χ0) is 21.1. The van der Waals surface area contributed by atoms with Crippen molar-refractivity contribution < 1.29 is 47.6 Å². The van der Waals surface area contributed by atoms with Crippen LogP contribution in [0, 0.1) is 0 Å². The molecule has 0 bridgehead atoms. The number of rotatable bonds is 21. The standard InChI is InChI=1S/C23H48O4S.Na/c1-3-4-5-17-20-23(24)21-18-15-13-11-9-7-6-8-10-12-14-16-19-22(2)28(25,26)27;/h22-24H,3-21H2,1-2H3,(H,25,26,27);/q;+1/p-1. The molecule has 6 heteroatoms. The third-order valence-electron chi connectivity index (χ3n) is 5.78. The molecule has 0 amide bonds. The van der Waals surface area contributed by atoms with Gasteiger partial charge in [-0.25, -0.2) is 8.42 Å². The monoisotopic (exact) mass is 442 g/mol. The van der Waals surface area contributed by atoms with Crippen molar-refractivity contribution in [3.05, 3.63) is 0 Å². The van der Waals surface area contributed by atoms with Crippen LogP contribution in [0.15, 0.2) is 0 Å². The van der Waals surface area contributed by atoms with Gasteiger partial charge in [0.05, 0.1) is 16.2 Å². The van der Waals surface area contributed by atoms with Crippen LogP contribution in [0.1, 0.15) is 136 Å². The summed E-state index contributed by atoms with van der Waals surface area (Å²) < 4.78 is 32.4. The van der Waals surface area contributed by atoms with E-state index in [2.05, 4.69) is 6.92 Å². The number of hydrogen-bond acceptors (Lipinski definition) is 4. The van der Waals surface area contributed by atoms with E-state index in [1.54, 1.807) is 0 Å². The Morgan fingerprint density at radius 2 is 0.966 bits per heavy atom. The fourth-order valence-electron chi connectivity index (χ4n) is 3.67. The van der Waals surface area contributed by atoms with Crippen LogP contribution in [-0.4, -0.2) is 29.4 Å². The van der Waals surface area contributed by atoms with Crippen molar-refractivity contribution in [2.75, 3.05) is 0 Å². The summed E-state index contributed by atoms with van der Waals surface area (Å²) in [6, 6.07) is 0. The van der Waals surface area contributed by atoms with Crippen molar-refractivity contribution in [2.45, 2.75) is 147 Å². The van der Waals surface area contributed by atoms with Gasteiger partial charge in [0.25, 0.3) is 0 Å². The van der Waals surface area contributed by atoms with E-state index >= 15 is 0 Å². The molecule has 0 rings (SSSR count). The zero-order valence-corrected chi connectivity index (χ0v) is 22.5. The molecule has 0 saturated heterocycles. The van der Waals surface area contributed by atoms with Gasteiger partial charge in [0, 0.05) is 5.25 Å². The van der Waals surface area contributed by atoms with E-state index < -0.39 is 15.4 Å². The third kappa shape index (κ3) is 23.4. The summed E-state index contributed by atoms with van der Waals surface area (Å²) in [6.45, 7) is 3.73. The SMILES string of the molecule is CCCCCCC(O)CCCCCCCCCCCCCCC(C)S(=O)(=O)[O-].[Na+]. The molecule has 0 aromatic heterocycles. The van der Waals surface area contributed by atoms with Crippen LogP contribution in [0.5, 0.6) is 0 Å². The Labute approximate surface area is 204 Å². The van der Waals surface area contributed by atoms with Crippen LogP contribution in [0.25, 0.3) is 0 Å². The maximum absolute atomic E-state index is 10.8. The van der Waals surface area contributed by atoms with E-state index in [9.17, 15) is 18.1 Å². The van der Waals surface area contributed by atoms with Crippen LogP contribution in [0.2, 0.25) is 0 Å². The number of unbranched alkanes of at least 4 members (excludes halogenated alkanes) is 14. The second-order valence-electron chi connectivity index (χ2n) is 8.63. The minimum absolute atomic E-state index is 0. The number of hydrogen-bond donors (Lipinski definition) is 1. The summed E-state index contributed by atoms with van der Waals surface area (Å²) >= 11 is 0. The van der Waals surface area contributed by atoms with Gasteiger partial charge in [-0.2, -0.15) is 0 Å². The van der Waals surface area contributed by atoms with E-state index in [-0.39, 0.29) is 35.7 Å². The van der Waals surface area contributed by atoms with Crippen molar-refractivity contribution >= 4 is 10.1 Å². The van der Waals surface area contributed by atoms with Crippen LogP contribution in [-0.2, 0) is 10.1 Å². The normalized spacial score (nSPS) is 13.8. The van der Waals surface area contributed by atoms with Crippen molar-refractivity contribution in [1.82, 2.24) is 0 Å². The zero-order valence-electron chi connectivity index (χ0n) is 19.7. The molecule has 29 heavy (non-hydrogen) atoms. The molecular formula is C23H47NaO4S. The van der Waals surface area contributed by atoms with Crippen molar-refractivity contribution in [2.24, 2.45) is 0 Å². The summed E-state index contributed by atoms with van der Waals surface area (Å²) in [7, 11) is -4.09. The smallest absolute Gasteiger partial charge is 0.748 e. The van der Waals surface area contributed by atoms with E-state index in [1.807, 2.05) is 0 Å². The molecule has 4 nitrogen and oxygen atoms in total. The molecule has 2 atom stereocenters. The maximum Gasteiger partial charge on any atom is 1.00 e. The molecule has 0 heterocycles. The second kappa shape index (κ2) is 22.1. The van der Waals surface area contributed by atoms with Crippen LogP contribution in [0.3, 0.4) is 0 Å². The van der Waals surface area contributed by atoms with Gasteiger partial charge < -0.3 is 9.66 Å². The first-order valence-corrected chi connectivity index (χ1v) is 13.5. The summed E-state index contributed by atoms with van der Waals surface area (Å²) in [5.41, 5.74) is 0. The topological polar surface area (TPSA) is 77.4 Å². The first-order valence-electron chi connectivity index (χ1n) is 12.0. The quantitative estimate of drug-likeness (QED) is 0.167. The Kier molecular flexibility index (Phi) is 24.4. The van der Waals surface area contributed by atoms with E-state index in [1.165, 1.54) is 90.4 Å². The van der Waals surface area contributed by atoms with Gasteiger partial charge in [0.1, 0.15) is 0 Å². The molecule has 0 aliphatic carbocycles. The van der Waals surface area contributed by atoms with E-state index in [4.69, 9.17) is 0 Å². The van der Waals surface area contributed by atoms with E-state index in [0.717, 1.165) is 32.1 Å². The molecule has 0 aromatic carbocycles. The van der Waals surface area contributed by atoms with Crippen molar-refractivity contribution in [3.8, 4) is 0 Å². The van der Waals surface area contributed by atoms with Gasteiger partial charge in [-0.3, -0.25) is 0 Å². The summed E-state index contributed by atoms with van der Waals surface area (Å²) in [5, 5.41) is 9.21. The molecule has 0 saturated carbocycles. The van der Waals surface area contributed by atoms with Gasteiger partial charge >= 0.3 is 29.6 Å². The van der Waals surface area contributed by atoms with Crippen molar-refractivity contribution in [3.63, 3.8) is 0 Å². The average molecular weight is 443 g/mol. The predicted octanol–water partition coefficient (Wildman–Crippen LogP) is 3.72. The summed E-state index contributed by atoms with van der Waals surface area (Å²) in [6.07, 6.45) is 21.8. The van der Waals surface area contributed by atoms with Crippen molar-refractivity contribution in [1.29, 1.82) is 0 Å². The molecule has 170 valence electrons. The molecule has 1 N–H and O–H groups in total.